The van der Waals surface area contributed by atoms with E-state index in [1.165, 1.54) is 88.7 Å². The zero-order valence-electron chi connectivity index (χ0n) is 54.8. The number of fused-ring (bicyclic) bond motifs is 20. The van der Waals surface area contributed by atoms with Crippen LogP contribution in [0.4, 0.5) is 34.1 Å². The number of aryl methyl sites for hydroxylation is 2. The number of furan rings is 2. The molecule has 2 heterocycles. The zero-order chi connectivity index (χ0) is 64.2. The highest BCUT2D eigenvalue weighted by Gasteiger charge is 2.54. The molecule has 2 aliphatic rings. The average molecular weight is 1220 g/mol. The Morgan fingerprint density at radius 1 is 0.274 bits per heavy atom. The Hall–Kier alpha value is -11.2. The van der Waals surface area contributed by atoms with Crippen molar-refractivity contribution in [1.29, 1.82) is 0 Å². The third-order valence-corrected chi connectivity index (χ3v) is 20.8. The molecular weight excluding hydrogens is 1150 g/mol. The molecular formula is C91H70N2O2. The first kappa shape index (κ1) is 56.5. The Bertz CT molecular complexity index is 5490. The lowest BCUT2D eigenvalue weighted by Gasteiger charge is -2.33. The van der Waals surface area contributed by atoms with Crippen LogP contribution in [-0.4, -0.2) is 0 Å². The summed E-state index contributed by atoms with van der Waals surface area (Å²) >= 11 is 0. The highest BCUT2D eigenvalue weighted by Crippen LogP contribution is 2.66. The van der Waals surface area contributed by atoms with Gasteiger partial charge in [-0.05, 0) is 185 Å². The van der Waals surface area contributed by atoms with E-state index >= 15 is 0 Å². The van der Waals surface area contributed by atoms with Gasteiger partial charge < -0.3 is 18.6 Å². The van der Waals surface area contributed by atoms with E-state index in [2.05, 4.69) is 344 Å². The number of benzene rings is 14. The number of nitrogens with zero attached hydrogens (tertiary/aromatic N) is 2. The number of hydrogen-bond donors (Lipinski definition) is 0. The molecule has 0 saturated carbocycles. The topological polar surface area (TPSA) is 32.8 Å². The number of hydrogen-bond acceptors (Lipinski definition) is 4. The van der Waals surface area contributed by atoms with Crippen LogP contribution in [0.15, 0.2) is 288 Å². The highest BCUT2D eigenvalue weighted by molar-refractivity contribution is 6.17. The summed E-state index contributed by atoms with van der Waals surface area (Å²) in [6, 6.07) is 104. The molecule has 0 aliphatic heterocycles. The lowest BCUT2D eigenvalue weighted by molar-refractivity contribution is 0.589. The van der Waals surface area contributed by atoms with Crippen molar-refractivity contribution in [2.75, 3.05) is 9.80 Å². The van der Waals surface area contributed by atoms with Crippen molar-refractivity contribution in [2.24, 2.45) is 0 Å². The van der Waals surface area contributed by atoms with Gasteiger partial charge in [-0.15, -0.1) is 0 Å². The van der Waals surface area contributed by atoms with Crippen LogP contribution >= 0.6 is 0 Å². The van der Waals surface area contributed by atoms with Crippen LogP contribution in [0.5, 0.6) is 0 Å². The van der Waals surface area contributed by atoms with E-state index in [0.29, 0.717) is 0 Å². The van der Waals surface area contributed by atoms with Crippen LogP contribution in [0.2, 0.25) is 0 Å². The molecule has 0 amide bonds. The van der Waals surface area contributed by atoms with Crippen molar-refractivity contribution in [1.82, 2.24) is 0 Å². The molecule has 0 bridgehead atoms. The quantitative estimate of drug-likeness (QED) is 0.152. The number of rotatable bonds is 8. The predicted octanol–water partition coefficient (Wildman–Crippen LogP) is 25.6. The molecule has 0 saturated heterocycles. The van der Waals surface area contributed by atoms with Crippen LogP contribution in [-0.2, 0) is 16.2 Å². The van der Waals surface area contributed by atoms with Crippen LogP contribution in [0.1, 0.15) is 86.1 Å². The van der Waals surface area contributed by atoms with E-state index in [1.54, 1.807) is 0 Å². The summed E-state index contributed by atoms with van der Waals surface area (Å²) in [6.45, 7) is 18.4. The minimum absolute atomic E-state index is 0.0780. The van der Waals surface area contributed by atoms with Crippen LogP contribution in [0.3, 0.4) is 0 Å². The molecule has 14 aromatic carbocycles. The van der Waals surface area contributed by atoms with Gasteiger partial charge in [0.05, 0.1) is 16.8 Å². The third kappa shape index (κ3) is 8.46. The van der Waals surface area contributed by atoms with Crippen molar-refractivity contribution in [2.45, 2.75) is 71.6 Å². The van der Waals surface area contributed by atoms with E-state index < -0.39 is 5.41 Å². The summed E-state index contributed by atoms with van der Waals surface area (Å²) in [5.74, 6) is 0. The van der Waals surface area contributed by atoms with E-state index in [4.69, 9.17) is 8.83 Å². The van der Waals surface area contributed by atoms with E-state index in [9.17, 15) is 0 Å². The Morgan fingerprint density at radius 2 is 0.653 bits per heavy atom. The minimum atomic E-state index is -0.703. The van der Waals surface area contributed by atoms with E-state index in [-0.39, 0.29) is 10.8 Å². The second-order valence-corrected chi connectivity index (χ2v) is 28.4. The maximum Gasteiger partial charge on any atom is 0.159 e. The zero-order valence-corrected chi connectivity index (χ0v) is 54.8. The lowest BCUT2D eigenvalue weighted by atomic mass is 9.68. The fraction of sp³-hybridized carbons (Fsp3) is 0.121. The molecule has 0 unspecified atom stereocenters. The average Bonchev–Trinajstić information content (AvgIpc) is 1.50. The van der Waals surface area contributed by atoms with Gasteiger partial charge in [-0.2, -0.15) is 0 Å². The number of anilines is 6. The fourth-order valence-electron chi connectivity index (χ4n) is 16.2. The molecule has 18 rings (SSSR count). The van der Waals surface area contributed by atoms with Gasteiger partial charge in [-0.25, -0.2) is 0 Å². The molecule has 16 aromatic rings. The van der Waals surface area contributed by atoms with Crippen LogP contribution in [0, 0.1) is 13.8 Å². The smallest absolute Gasteiger partial charge is 0.159 e. The Morgan fingerprint density at radius 3 is 1.06 bits per heavy atom. The second kappa shape index (κ2) is 20.9. The van der Waals surface area contributed by atoms with Crippen molar-refractivity contribution >= 4 is 99.5 Å². The van der Waals surface area contributed by atoms with Gasteiger partial charge in [-0.1, -0.05) is 260 Å². The molecule has 0 atom stereocenters. The maximum atomic E-state index is 7.22. The fourth-order valence-corrected chi connectivity index (χ4v) is 16.2. The highest BCUT2D eigenvalue weighted by atomic mass is 16.3. The molecule has 456 valence electrons. The van der Waals surface area contributed by atoms with Gasteiger partial charge in [0.2, 0.25) is 0 Å². The van der Waals surface area contributed by atoms with Crippen LogP contribution in [0.25, 0.3) is 110 Å². The molecule has 2 aliphatic carbocycles. The first-order chi connectivity index (χ1) is 46.2. The summed E-state index contributed by atoms with van der Waals surface area (Å²) in [5, 5.41) is 9.14. The van der Waals surface area contributed by atoms with E-state index in [0.717, 1.165) is 99.9 Å². The molecule has 2 aromatic heterocycles. The first-order valence-corrected chi connectivity index (χ1v) is 33.4. The SMILES string of the molecule is Cc1ccccc1-c1cccc2c1oc1c(N(c3ccccc3)c3ccc4c5c(ccc4c3)-c3ccc4cc(N(c6ccccc6)c6cccc7c6oc6c(-c8ccccc8C)cccc67)ccc4c3C53c4ccc(C(C)(C)C)cc4-c4cc(C(C)(C)C)ccc43)cccc12. The molecule has 1 spiro atoms. The van der Waals surface area contributed by atoms with Gasteiger partial charge in [0.25, 0.3) is 0 Å². The third-order valence-electron chi connectivity index (χ3n) is 20.8. The number of para-hydroxylation sites is 6. The van der Waals surface area contributed by atoms with Crippen molar-refractivity contribution < 1.29 is 8.83 Å². The molecule has 0 radical (unpaired) electrons. The normalized spacial score (nSPS) is 13.1. The summed E-state index contributed by atoms with van der Waals surface area (Å²) in [7, 11) is 0. The maximum absolute atomic E-state index is 7.22. The van der Waals surface area contributed by atoms with Crippen molar-refractivity contribution in [3.05, 3.63) is 324 Å². The molecule has 0 N–H and O–H groups in total. The summed E-state index contributed by atoms with van der Waals surface area (Å²) in [5.41, 5.74) is 28.8. The van der Waals surface area contributed by atoms with Gasteiger partial charge in [0, 0.05) is 55.4 Å². The largest absolute Gasteiger partial charge is 0.453 e. The summed E-state index contributed by atoms with van der Waals surface area (Å²) in [6.07, 6.45) is 0. The van der Waals surface area contributed by atoms with Gasteiger partial charge in [0.15, 0.2) is 11.2 Å². The molecule has 4 heteroatoms. The molecule has 4 nitrogen and oxygen atoms in total. The summed E-state index contributed by atoms with van der Waals surface area (Å²) < 4.78 is 14.4. The monoisotopic (exact) mass is 1220 g/mol. The van der Waals surface area contributed by atoms with Crippen LogP contribution < -0.4 is 9.80 Å². The summed E-state index contributed by atoms with van der Waals surface area (Å²) in [4.78, 5) is 4.78. The standard InChI is InChI=1S/C91H70N2O2/c1-55-23-15-17-29-65(55)71-31-19-33-73-75-35-21-37-81(87(75)94-85(71)73)92(61-25-11-9-12-26-61)63-43-47-67-57(51-63)39-45-69-70-46-40-58-52-64(93(62-27-13-10-14-28-62)82-38-22-36-76-74-34-20-32-72(86(74)95-88(76)82)66-30-18-16-24-56(66)2)44-48-68(58)84(70)91(83(67)69)79-49-41-59(89(3,4)5)53-77(79)78-54-60(90(6,7)8)42-50-80(78)91/h9-54H,1-8H3. The Kier molecular flexibility index (Phi) is 12.4. The predicted molar refractivity (Wildman–Crippen MR) is 399 cm³/mol. The second-order valence-electron chi connectivity index (χ2n) is 28.4. The van der Waals surface area contributed by atoms with Crippen molar-refractivity contribution in [3.63, 3.8) is 0 Å². The van der Waals surface area contributed by atoms with Crippen molar-refractivity contribution in [3.8, 4) is 44.5 Å². The Balaban J connectivity index is 0.865. The van der Waals surface area contributed by atoms with Gasteiger partial charge in [0.1, 0.15) is 11.2 Å². The minimum Gasteiger partial charge on any atom is -0.453 e. The van der Waals surface area contributed by atoms with E-state index in [1.807, 2.05) is 0 Å². The lowest BCUT2D eigenvalue weighted by Crippen LogP contribution is -2.27. The first-order valence-electron chi connectivity index (χ1n) is 33.4. The Labute approximate surface area is 554 Å². The van der Waals surface area contributed by atoms with Gasteiger partial charge in [-0.3, -0.25) is 0 Å². The molecule has 0 fully saturated rings. The molecule has 95 heavy (non-hydrogen) atoms. The van der Waals surface area contributed by atoms with Gasteiger partial charge >= 0.3 is 0 Å².